The summed E-state index contributed by atoms with van der Waals surface area (Å²) in [5.74, 6) is 1.08. The predicted molar refractivity (Wildman–Crippen MR) is 107 cm³/mol. The molecule has 3 nitrogen and oxygen atoms in total. The average molecular weight is 420 g/mol. The molecule has 1 N–H and O–H groups in total. The summed E-state index contributed by atoms with van der Waals surface area (Å²) < 4.78 is 6.71. The Labute approximate surface area is 161 Å². The molecule has 0 saturated carbocycles. The Hall–Kier alpha value is -1.36. The van der Waals surface area contributed by atoms with Gasteiger partial charge in [-0.3, -0.25) is 4.99 Å². The molecule has 5 heteroatoms. The first kappa shape index (κ1) is 17.1. The van der Waals surface area contributed by atoms with Crippen molar-refractivity contribution in [1.82, 2.24) is 0 Å². The predicted octanol–water partition coefficient (Wildman–Crippen LogP) is 5.47. The van der Waals surface area contributed by atoms with Gasteiger partial charge in [0.05, 0.1) is 12.2 Å². The van der Waals surface area contributed by atoms with Crippen LogP contribution in [0.25, 0.3) is 0 Å². The zero-order chi connectivity index (χ0) is 17.3. The maximum absolute atomic E-state index is 6.11. The molecule has 4 rings (SSSR count). The monoisotopic (exact) mass is 418 g/mol. The van der Waals surface area contributed by atoms with Crippen LogP contribution in [0.5, 0.6) is 0 Å². The molecule has 0 aromatic heterocycles. The Balaban J connectivity index is 1.69. The van der Waals surface area contributed by atoms with Gasteiger partial charge < -0.3 is 10.1 Å². The first-order chi connectivity index (χ1) is 12.2. The van der Waals surface area contributed by atoms with E-state index in [1.54, 1.807) is 0 Å². The fourth-order valence-corrected chi connectivity index (χ4v) is 4.46. The molecule has 0 aliphatic carbocycles. The van der Waals surface area contributed by atoms with Crippen LogP contribution in [0.4, 0.5) is 5.69 Å². The van der Waals surface area contributed by atoms with E-state index >= 15 is 0 Å². The molecule has 0 atom stereocenters. The van der Waals surface area contributed by atoms with Gasteiger partial charge in [0.1, 0.15) is 5.84 Å². The fraction of sp³-hybridized carbons (Fsp3) is 0.350. The highest BCUT2D eigenvalue weighted by molar-refractivity contribution is 9.10. The number of fused-ring (bicyclic) bond motifs is 1. The van der Waals surface area contributed by atoms with Crippen molar-refractivity contribution >= 4 is 39.1 Å². The van der Waals surface area contributed by atoms with E-state index < -0.39 is 0 Å². The van der Waals surface area contributed by atoms with E-state index in [0.717, 1.165) is 59.1 Å². The molecule has 2 aromatic rings. The van der Waals surface area contributed by atoms with E-state index in [1.807, 2.05) is 18.2 Å². The third kappa shape index (κ3) is 3.48. The summed E-state index contributed by atoms with van der Waals surface area (Å²) in [5, 5.41) is 4.38. The summed E-state index contributed by atoms with van der Waals surface area (Å²) in [5.41, 5.74) is 3.66. The van der Waals surface area contributed by atoms with Gasteiger partial charge in [0.25, 0.3) is 0 Å². The van der Waals surface area contributed by atoms with Gasteiger partial charge in [-0.25, -0.2) is 0 Å². The van der Waals surface area contributed by atoms with E-state index in [1.165, 1.54) is 5.56 Å². The normalized spacial score (nSPS) is 20.3. The van der Waals surface area contributed by atoms with Crippen LogP contribution in [0.15, 0.2) is 51.9 Å². The molecule has 2 aromatic carbocycles. The average Bonchev–Trinajstić information content (AvgIpc) is 2.61. The number of nitrogens with one attached hydrogen (secondary N) is 1. The largest absolute Gasteiger partial charge is 0.381 e. The SMILES string of the molecule is Clc1cccc(CN=C2Nc3c(Br)cccc3CC23CCOCC3)c1. The minimum atomic E-state index is 0.0462. The van der Waals surface area contributed by atoms with Gasteiger partial charge in [-0.15, -0.1) is 0 Å². The Morgan fingerprint density at radius 3 is 2.76 bits per heavy atom. The minimum Gasteiger partial charge on any atom is -0.381 e. The van der Waals surface area contributed by atoms with Crippen LogP contribution in [0, 0.1) is 5.41 Å². The lowest BCUT2D eigenvalue weighted by Gasteiger charge is -2.42. The first-order valence-corrected chi connectivity index (χ1v) is 9.75. The Bertz CT molecular complexity index is 815. The number of hydrogen-bond donors (Lipinski definition) is 1. The van der Waals surface area contributed by atoms with Crippen molar-refractivity contribution in [1.29, 1.82) is 0 Å². The third-order valence-corrected chi connectivity index (χ3v) is 6.03. The molecule has 2 aliphatic rings. The molecule has 0 unspecified atom stereocenters. The lowest BCUT2D eigenvalue weighted by molar-refractivity contribution is 0.0448. The van der Waals surface area contributed by atoms with Crippen LogP contribution in [0.2, 0.25) is 5.02 Å². The molecule has 25 heavy (non-hydrogen) atoms. The Kier molecular flexibility index (Phi) is 4.85. The highest BCUT2D eigenvalue weighted by Gasteiger charge is 2.41. The molecule has 0 amide bonds. The lowest BCUT2D eigenvalue weighted by Crippen LogP contribution is -2.46. The molecular weight excluding hydrogens is 400 g/mol. The van der Waals surface area contributed by atoms with Crippen LogP contribution >= 0.6 is 27.5 Å². The van der Waals surface area contributed by atoms with E-state index in [2.05, 4.69) is 45.5 Å². The number of ether oxygens (including phenoxy) is 1. The van der Waals surface area contributed by atoms with Crippen molar-refractivity contribution in [2.45, 2.75) is 25.8 Å². The molecule has 0 radical (unpaired) electrons. The van der Waals surface area contributed by atoms with Crippen molar-refractivity contribution in [2.75, 3.05) is 18.5 Å². The zero-order valence-electron chi connectivity index (χ0n) is 13.9. The molecular formula is C20H20BrClN2O. The van der Waals surface area contributed by atoms with Gasteiger partial charge in [-0.1, -0.05) is 35.9 Å². The summed E-state index contributed by atoms with van der Waals surface area (Å²) in [7, 11) is 0. The number of amidine groups is 1. The van der Waals surface area contributed by atoms with E-state index in [9.17, 15) is 0 Å². The van der Waals surface area contributed by atoms with Gasteiger partial charge in [-0.2, -0.15) is 0 Å². The van der Waals surface area contributed by atoms with E-state index in [0.29, 0.717) is 6.54 Å². The van der Waals surface area contributed by atoms with Gasteiger partial charge in [-0.05, 0) is 64.5 Å². The molecule has 1 fully saturated rings. The van der Waals surface area contributed by atoms with Crippen LogP contribution in [0.3, 0.4) is 0 Å². The standard InChI is InChI=1S/C20H20BrClN2O/c21-17-6-2-4-15-12-20(7-9-25-10-8-20)19(24-18(15)17)23-13-14-3-1-5-16(22)11-14/h1-6,11H,7-10,12-13H2,(H,23,24). The second-order valence-corrected chi connectivity index (χ2v) is 8.05. The fourth-order valence-electron chi connectivity index (χ4n) is 3.74. The summed E-state index contributed by atoms with van der Waals surface area (Å²) in [4.78, 5) is 4.98. The van der Waals surface area contributed by atoms with Crippen LogP contribution < -0.4 is 5.32 Å². The van der Waals surface area contributed by atoms with E-state index in [-0.39, 0.29) is 5.41 Å². The van der Waals surface area contributed by atoms with Gasteiger partial charge >= 0.3 is 0 Å². The zero-order valence-corrected chi connectivity index (χ0v) is 16.2. The second kappa shape index (κ2) is 7.10. The quantitative estimate of drug-likeness (QED) is 0.700. The summed E-state index contributed by atoms with van der Waals surface area (Å²) in [6.45, 7) is 2.22. The minimum absolute atomic E-state index is 0.0462. The Morgan fingerprint density at radius 1 is 1.16 bits per heavy atom. The van der Waals surface area contributed by atoms with Crippen LogP contribution in [-0.2, 0) is 17.7 Å². The van der Waals surface area contributed by atoms with E-state index in [4.69, 9.17) is 21.3 Å². The smallest absolute Gasteiger partial charge is 0.108 e. The van der Waals surface area contributed by atoms with Crippen molar-refractivity contribution in [3.05, 3.63) is 63.1 Å². The van der Waals surface area contributed by atoms with Gasteiger partial charge in [0.15, 0.2) is 0 Å². The van der Waals surface area contributed by atoms with Crippen LogP contribution in [-0.4, -0.2) is 19.0 Å². The number of anilines is 1. The van der Waals surface area contributed by atoms with Gasteiger partial charge in [0.2, 0.25) is 0 Å². The van der Waals surface area contributed by atoms with Crippen molar-refractivity contribution in [2.24, 2.45) is 10.4 Å². The number of halogens is 2. The highest BCUT2D eigenvalue weighted by Crippen LogP contribution is 2.43. The Morgan fingerprint density at radius 2 is 1.96 bits per heavy atom. The third-order valence-electron chi connectivity index (χ3n) is 5.13. The number of rotatable bonds is 2. The number of para-hydroxylation sites is 1. The molecule has 1 saturated heterocycles. The van der Waals surface area contributed by atoms with Crippen molar-refractivity contribution < 1.29 is 4.74 Å². The maximum atomic E-state index is 6.11. The number of hydrogen-bond acceptors (Lipinski definition) is 2. The first-order valence-electron chi connectivity index (χ1n) is 8.58. The van der Waals surface area contributed by atoms with Crippen LogP contribution in [0.1, 0.15) is 24.0 Å². The second-order valence-electron chi connectivity index (χ2n) is 6.76. The molecule has 0 bridgehead atoms. The van der Waals surface area contributed by atoms with Gasteiger partial charge in [0, 0.05) is 28.1 Å². The number of aliphatic imine (C=N–C) groups is 1. The number of nitrogens with zero attached hydrogens (tertiary/aromatic N) is 1. The summed E-state index contributed by atoms with van der Waals surface area (Å²) in [6, 6.07) is 14.3. The molecule has 2 aliphatic heterocycles. The lowest BCUT2D eigenvalue weighted by atomic mass is 9.71. The molecule has 130 valence electrons. The highest BCUT2D eigenvalue weighted by atomic mass is 79.9. The maximum Gasteiger partial charge on any atom is 0.108 e. The van der Waals surface area contributed by atoms with Crippen molar-refractivity contribution in [3.8, 4) is 0 Å². The summed E-state index contributed by atoms with van der Waals surface area (Å²) in [6.07, 6.45) is 3.01. The summed E-state index contributed by atoms with van der Waals surface area (Å²) >= 11 is 9.78. The molecule has 2 heterocycles. The number of benzene rings is 2. The topological polar surface area (TPSA) is 33.6 Å². The van der Waals surface area contributed by atoms with Crippen molar-refractivity contribution in [3.63, 3.8) is 0 Å². The molecule has 1 spiro atoms.